The zero-order chi connectivity index (χ0) is 13.8. The van der Waals surface area contributed by atoms with Gasteiger partial charge in [-0.1, -0.05) is 30.3 Å². The van der Waals surface area contributed by atoms with Gasteiger partial charge in [0, 0.05) is 12.0 Å². The lowest BCUT2D eigenvalue weighted by Gasteiger charge is -2.20. The molecule has 0 saturated carbocycles. The van der Waals surface area contributed by atoms with Crippen LogP contribution >= 0.6 is 12.4 Å². The van der Waals surface area contributed by atoms with E-state index in [-0.39, 0.29) is 23.9 Å². The third-order valence-electron chi connectivity index (χ3n) is 3.07. The van der Waals surface area contributed by atoms with E-state index in [0.29, 0.717) is 12.0 Å². The Morgan fingerprint density at radius 1 is 1.00 bits per heavy atom. The Labute approximate surface area is 123 Å². The van der Waals surface area contributed by atoms with Gasteiger partial charge in [0.2, 0.25) is 0 Å². The van der Waals surface area contributed by atoms with Crippen molar-refractivity contribution in [3.63, 3.8) is 0 Å². The van der Waals surface area contributed by atoms with Gasteiger partial charge in [-0.2, -0.15) is 0 Å². The number of hydrogen-bond acceptors (Lipinski definition) is 4. The Bertz CT molecular complexity index is 548. The molecule has 0 saturated heterocycles. The minimum absolute atomic E-state index is 0. The van der Waals surface area contributed by atoms with Gasteiger partial charge >= 0.3 is 0 Å². The lowest BCUT2D eigenvalue weighted by atomic mass is 9.96. The largest absolute Gasteiger partial charge is 0.508 e. The summed E-state index contributed by atoms with van der Waals surface area (Å²) in [7, 11) is 0. The summed E-state index contributed by atoms with van der Waals surface area (Å²) in [5.41, 5.74) is 7.23. The Morgan fingerprint density at radius 2 is 1.65 bits per heavy atom. The van der Waals surface area contributed by atoms with Crippen molar-refractivity contribution < 1.29 is 15.3 Å². The van der Waals surface area contributed by atoms with Crippen LogP contribution in [0.2, 0.25) is 0 Å². The molecule has 0 aliphatic carbocycles. The second-order valence-electron chi connectivity index (χ2n) is 4.53. The monoisotopic (exact) mass is 295 g/mol. The summed E-state index contributed by atoms with van der Waals surface area (Å²) in [6.07, 6.45) is -0.452. The average molecular weight is 296 g/mol. The maximum atomic E-state index is 10.1. The third-order valence-corrected chi connectivity index (χ3v) is 3.07. The van der Waals surface area contributed by atoms with Crippen LogP contribution in [0, 0.1) is 0 Å². The quantitative estimate of drug-likeness (QED) is 0.651. The average Bonchev–Trinajstić information content (AvgIpc) is 2.42. The van der Waals surface area contributed by atoms with E-state index in [1.807, 2.05) is 30.3 Å². The summed E-state index contributed by atoms with van der Waals surface area (Å²) in [6.45, 7) is 0. The molecule has 0 heterocycles. The predicted octanol–water partition coefficient (Wildman–Crippen LogP) is 2.12. The van der Waals surface area contributed by atoms with Gasteiger partial charge in [-0.25, -0.2) is 0 Å². The predicted molar refractivity (Wildman–Crippen MR) is 80.1 cm³/mol. The van der Waals surface area contributed by atoms with Gasteiger partial charge in [0.1, 0.15) is 11.5 Å². The molecule has 0 radical (unpaired) electrons. The Kier molecular flexibility index (Phi) is 5.82. The molecule has 0 spiro atoms. The number of rotatable bonds is 4. The standard InChI is InChI=1S/C15H17NO3.ClH/c16-15(12-9-11(17)6-7-13(12)18)14(19)8-10-4-2-1-3-5-10;/h1-7,9,14-15,17-19H,8,16H2;1H/t14-,15+;/m0./s1. The molecule has 0 aliphatic heterocycles. The molecule has 0 unspecified atom stereocenters. The Balaban J connectivity index is 0.00000200. The van der Waals surface area contributed by atoms with E-state index in [1.54, 1.807) is 0 Å². The van der Waals surface area contributed by atoms with Crippen molar-refractivity contribution in [2.24, 2.45) is 5.73 Å². The van der Waals surface area contributed by atoms with E-state index in [2.05, 4.69) is 0 Å². The normalized spacial score (nSPS) is 13.3. The number of phenolic OH excluding ortho intramolecular Hbond substituents is 2. The number of phenols is 2. The topological polar surface area (TPSA) is 86.7 Å². The van der Waals surface area contributed by atoms with Crippen LogP contribution in [0.4, 0.5) is 0 Å². The van der Waals surface area contributed by atoms with Gasteiger partial charge in [0.25, 0.3) is 0 Å². The summed E-state index contributed by atoms with van der Waals surface area (Å²) in [5.74, 6) is -0.0208. The van der Waals surface area contributed by atoms with Crippen LogP contribution in [0.25, 0.3) is 0 Å². The molecule has 0 amide bonds. The van der Waals surface area contributed by atoms with E-state index < -0.39 is 12.1 Å². The molecule has 20 heavy (non-hydrogen) atoms. The zero-order valence-corrected chi connectivity index (χ0v) is 11.6. The maximum Gasteiger partial charge on any atom is 0.120 e. The van der Waals surface area contributed by atoms with Crippen molar-refractivity contribution in [1.29, 1.82) is 0 Å². The summed E-state index contributed by atoms with van der Waals surface area (Å²) in [4.78, 5) is 0. The number of aliphatic hydroxyl groups is 1. The molecule has 108 valence electrons. The Morgan fingerprint density at radius 3 is 2.30 bits per heavy atom. The first-order valence-electron chi connectivity index (χ1n) is 6.07. The van der Waals surface area contributed by atoms with Crippen molar-refractivity contribution in [3.8, 4) is 11.5 Å². The zero-order valence-electron chi connectivity index (χ0n) is 10.8. The van der Waals surface area contributed by atoms with Gasteiger partial charge in [0.05, 0.1) is 12.1 Å². The molecule has 0 aromatic heterocycles. The number of nitrogens with two attached hydrogens (primary N) is 1. The van der Waals surface area contributed by atoms with Crippen LogP contribution in [-0.2, 0) is 6.42 Å². The SMILES string of the molecule is Cl.N[C@H](c1cc(O)ccc1O)[C@@H](O)Cc1ccccc1. The minimum atomic E-state index is -0.838. The van der Waals surface area contributed by atoms with E-state index in [1.165, 1.54) is 18.2 Å². The molecule has 0 aliphatic rings. The van der Waals surface area contributed by atoms with Crippen molar-refractivity contribution in [1.82, 2.24) is 0 Å². The first-order valence-corrected chi connectivity index (χ1v) is 6.07. The number of aromatic hydroxyl groups is 2. The molecule has 2 aromatic carbocycles. The maximum absolute atomic E-state index is 10.1. The summed E-state index contributed by atoms with van der Waals surface area (Å²) < 4.78 is 0. The van der Waals surface area contributed by atoms with Crippen molar-refractivity contribution in [2.45, 2.75) is 18.6 Å². The number of hydrogen-bond donors (Lipinski definition) is 4. The van der Waals surface area contributed by atoms with Crippen LogP contribution in [0.3, 0.4) is 0 Å². The fraction of sp³-hybridized carbons (Fsp3) is 0.200. The van der Waals surface area contributed by atoms with Crippen LogP contribution < -0.4 is 5.73 Å². The number of aliphatic hydroxyl groups excluding tert-OH is 1. The summed E-state index contributed by atoms with van der Waals surface area (Å²) >= 11 is 0. The molecule has 0 fully saturated rings. The minimum Gasteiger partial charge on any atom is -0.508 e. The lowest BCUT2D eigenvalue weighted by molar-refractivity contribution is 0.143. The van der Waals surface area contributed by atoms with Crippen molar-refractivity contribution in [3.05, 3.63) is 59.7 Å². The molecular formula is C15H18ClNO3. The van der Waals surface area contributed by atoms with E-state index in [9.17, 15) is 15.3 Å². The lowest BCUT2D eigenvalue weighted by Crippen LogP contribution is -2.28. The van der Waals surface area contributed by atoms with Gasteiger partial charge < -0.3 is 21.1 Å². The molecular weight excluding hydrogens is 278 g/mol. The van der Waals surface area contributed by atoms with Crippen molar-refractivity contribution in [2.75, 3.05) is 0 Å². The third kappa shape index (κ3) is 3.87. The molecule has 5 heteroatoms. The molecule has 0 bridgehead atoms. The molecule has 5 N–H and O–H groups in total. The fourth-order valence-corrected chi connectivity index (χ4v) is 2.00. The molecule has 2 atom stereocenters. The van der Waals surface area contributed by atoms with Gasteiger partial charge in [-0.15, -0.1) is 12.4 Å². The molecule has 2 aromatic rings. The Hall–Kier alpha value is -1.75. The van der Waals surface area contributed by atoms with Crippen LogP contribution in [-0.4, -0.2) is 21.4 Å². The van der Waals surface area contributed by atoms with Crippen LogP contribution in [0.1, 0.15) is 17.2 Å². The highest BCUT2D eigenvalue weighted by Gasteiger charge is 2.20. The van der Waals surface area contributed by atoms with Gasteiger partial charge in [-0.3, -0.25) is 0 Å². The fourth-order valence-electron chi connectivity index (χ4n) is 2.00. The highest BCUT2D eigenvalue weighted by atomic mass is 35.5. The highest BCUT2D eigenvalue weighted by Crippen LogP contribution is 2.29. The van der Waals surface area contributed by atoms with E-state index >= 15 is 0 Å². The number of benzene rings is 2. The number of halogens is 1. The molecule has 2 rings (SSSR count). The first-order chi connectivity index (χ1) is 9.08. The van der Waals surface area contributed by atoms with E-state index in [4.69, 9.17) is 5.73 Å². The van der Waals surface area contributed by atoms with Gasteiger partial charge in [0.15, 0.2) is 0 Å². The van der Waals surface area contributed by atoms with Gasteiger partial charge in [-0.05, 0) is 23.8 Å². The van der Waals surface area contributed by atoms with Crippen molar-refractivity contribution >= 4 is 12.4 Å². The summed E-state index contributed by atoms with van der Waals surface area (Å²) in [5, 5.41) is 29.2. The van der Waals surface area contributed by atoms with Crippen LogP contribution in [0.15, 0.2) is 48.5 Å². The van der Waals surface area contributed by atoms with Crippen LogP contribution in [0.5, 0.6) is 11.5 Å². The second kappa shape index (κ2) is 7.14. The summed E-state index contributed by atoms with van der Waals surface area (Å²) in [6, 6.07) is 12.8. The first kappa shape index (κ1) is 16.3. The van der Waals surface area contributed by atoms with E-state index in [0.717, 1.165) is 5.56 Å². The highest BCUT2D eigenvalue weighted by molar-refractivity contribution is 5.85. The smallest absolute Gasteiger partial charge is 0.120 e. The second-order valence-corrected chi connectivity index (χ2v) is 4.53. The molecule has 4 nitrogen and oxygen atoms in total.